The largest absolute Gasteiger partial charge is 0.481 e. The number of anilines is 1. The molecule has 4 aromatic rings. The number of rotatable bonds is 9. The predicted molar refractivity (Wildman–Crippen MR) is 147 cm³/mol. The molecular weight excluding hydrogens is 533 g/mol. The van der Waals surface area contributed by atoms with Gasteiger partial charge in [0.05, 0.1) is 40.5 Å². The molecule has 192 valence electrons. The molecule has 10 heteroatoms. The molecule has 0 aliphatic carbocycles. The second-order valence-corrected chi connectivity index (χ2v) is 10.8. The number of likely N-dealkylation sites (N-methyl/N-ethyl adjacent to an activating group) is 1. The predicted octanol–water partition coefficient (Wildman–Crippen LogP) is 5.91. The van der Waals surface area contributed by atoms with Crippen LogP contribution in [0.2, 0.25) is 10.0 Å². The van der Waals surface area contributed by atoms with E-state index in [0.29, 0.717) is 34.1 Å². The molecule has 0 saturated carbocycles. The SMILES string of the molecule is CCN(CCN(c1ccc(OC)nc1)S(=O)(=O)c1cccc2ccccc12)C(=O)c1ccc(Cl)c(Cl)c1. The van der Waals surface area contributed by atoms with Gasteiger partial charge in [0.15, 0.2) is 0 Å². The van der Waals surface area contributed by atoms with Gasteiger partial charge in [0, 0.05) is 30.1 Å². The first-order chi connectivity index (χ1) is 17.8. The van der Waals surface area contributed by atoms with Gasteiger partial charge >= 0.3 is 0 Å². The second kappa shape index (κ2) is 11.4. The van der Waals surface area contributed by atoms with E-state index in [1.807, 2.05) is 25.1 Å². The second-order valence-electron chi connectivity index (χ2n) is 8.13. The summed E-state index contributed by atoms with van der Waals surface area (Å²) in [5.41, 5.74) is 0.720. The molecule has 0 radical (unpaired) electrons. The van der Waals surface area contributed by atoms with Crippen LogP contribution in [0, 0.1) is 0 Å². The number of methoxy groups -OCH3 is 1. The molecule has 37 heavy (non-hydrogen) atoms. The fourth-order valence-electron chi connectivity index (χ4n) is 3.99. The monoisotopic (exact) mass is 557 g/mol. The van der Waals surface area contributed by atoms with Crippen LogP contribution in [0.15, 0.2) is 83.9 Å². The molecule has 0 N–H and O–H groups in total. The van der Waals surface area contributed by atoms with Crippen LogP contribution in [0.4, 0.5) is 5.69 Å². The number of aromatic nitrogens is 1. The number of halogens is 2. The molecule has 0 bridgehead atoms. The maximum Gasteiger partial charge on any atom is 0.265 e. The highest BCUT2D eigenvalue weighted by Crippen LogP contribution is 2.30. The van der Waals surface area contributed by atoms with Crippen LogP contribution >= 0.6 is 23.2 Å². The Morgan fingerprint density at radius 2 is 1.70 bits per heavy atom. The van der Waals surface area contributed by atoms with Gasteiger partial charge in [0.1, 0.15) is 0 Å². The van der Waals surface area contributed by atoms with Gasteiger partial charge in [-0.15, -0.1) is 0 Å². The zero-order valence-corrected chi connectivity index (χ0v) is 22.6. The summed E-state index contributed by atoms with van der Waals surface area (Å²) >= 11 is 12.1. The van der Waals surface area contributed by atoms with Crippen molar-refractivity contribution in [1.82, 2.24) is 9.88 Å². The topological polar surface area (TPSA) is 79.8 Å². The highest BCUT2D eigenvalue weighted by Gasteiger charge is 2.28. The quantitative estimate of drug-likeness (QED) is 0.255. The molecule has 0 atom stereocenters. The number of hydrogen-bond acceptors (Lipinski definition) is 5. The molecule has 0 aliphatic heterocycles. The number of amides is 1. The summed E-state index contributed by atoms with van der Waals surface area (Å²) in [5.74, 6) is 0.0765. The average Bonchev–Trinajstić information content (AvgIpc) is 2.92. The molecule has 0 saturated heterocycles. The van der Waals surface area contributed by atoms with Crippen LogP contribution < -0.4 is 9.04 Å². The summed E-state index contributed by atoms with van der Waals surface area (Å²) in [6.07, 6.45) is 1.44. The van der Waals surface area contributed by atoms with Crippen molar-refractivity contribution in [2.24, 2.45) is 0 Å². The Balaban J connectivity index is 1.70. The summed E-state index contributed by atoms with van der Waals surface area (Å²) in [4.78, 5) is 19.1. The van der Waals surface area contributed by atoms with Gasteiger partial charge in [-0.05, 0) is 42.6 Å². The van der Waals surface area contributed by atoms with E-state index in [1.165, 1.54) is 23.7 Å². The summed E-state index contributed by atoms with van der Waals surface area (Å²) in [7, 11) is -2.54. The zero-order valence-electron chi connectivity index (χ0n) is 20.3. The average molecular weight is 558 g/mol. The Bertz CT molecular complexity index is 1520. The maximum atomic E-state index is 14.1. The number of ether oxygens (including phenoxy) is 1. The van der Waals surface area contributed by atoms with Crippen molar-refractivity contribution in [3.63, 3.8) is 0 Å². The molecule has 0 fully saturated rings. The smallest absolute Gasteiger partial charge is 0.265 e. The lowest BCUT2D eigenvalue weighted by atomic mass is 10.1. The van der Waals surface area contributed by atoms with Crippen LogP contribution in [0.5, 0.6) is 5.88 Å². The molecule has 1 heterocycles. The molecule has 0 spiro atoms. The maximum absolute atomic E-state index is 14.1. The van der Waals surface area contributed by atoms with Crippen LogP contribution in [0.25, 0.3) is 10.8 Å². The molecule has 3 aromatic carbocycles. The molecule has 7 nitrogen and oxygen atoms in total. The number of fused-ring (bicyclic) bond motifs is 1. The van der Waals surface area contributed by atoms with Crippen molar-refractivity contribution in [3.8, 4) is 5.88 Å². The Labute approximate surface area is 226 Å². The number of carbonyl (C=O) groups excluding carboxylic acids is 1. The first-order valence-electron chi connectivity index (χ1n) is 11.5. The molecule has 0 aliphatic rings. The van der Waals surface area contributed by atoms with Crippen molar-refractivity contribution in [2.45, 2.75) is 11.8 Å². The van der Waals surface area contributed by atoms with E-state index in [4.69, 9.17) is 27.9 Å². The van der Waals surface area contributed by atoms with Gasteiger partial charge in [-0.1, -0.05) is 59.6 Å². The third-order valence-corrected chi connectivity index (χ3v) is 8.57. The number of benzene rings is 3. The van der Waals surface area contributed by atoms with E-state index in [2.05, 4.69) is 4.98 Å². The standard InChI is InChI=1S/C27H25Cl2N3O4S/c1-3-31(27(33)20-11-13-23(28)24(29)17-20)15-16-32(21-12-14-26(36-2)30-18-21)37(34,35)25-10-6-8-19-7-4-5-9-22(19)25/h4-14,17-18H,3,15-16H2,1-2H3. The number of sulfonamides is 1. The first-order valence-corrected chi connectivity index (χ1v) is 13.7. The minimum Gasteiger partial charge on any atom is -0.481 e. The minimum absolute atomic E-state index is 0.000462. The Morgan fingerprint density at radius 1 is 0.946 bits per heavy atom. The van der Waals surface area contributed by atoms with Gasteiger partial charge in [0.25, 0.3) is 15.9 Å². The van der Waals surface area contributed by atoms with E-state index in [-0.39, 0.29) is 28.9 Å². The van der Waals surface area contributed by atoms with Crippen molar-refractivity contribution in [2.75, 3.05) is 31.0 Å². The van der Waals surface area contributed by atoms with Gasteiger partial charge in [-0.2, -0.15) is 0 Å². The van der Waals surface area contributed by atoms with Crippen molar-refractivity contribution in [3.05, 3.63) is 94.6 Å². The number of carbonyl (C=O) groups is 1. The number of hydrogen-bond donors (Lipinski definition) is 0. The van der Waals surface area contributed by atoms with E-state index in [9.17, 15) is 13.2 Å². The van der Waals surface area contributed by atoms with Crippen LogP contribution in [-0.2, 0) is 10.0 Å². The third-order valence-electron chi connectivity index (χ3n) is 5.94. The summed E-state index contributed by atoms with van der Waals surface area (Å²) < 4.78 is 34.5. The zero-order chi connectivity index (χ0) is 26.6. The van der Waals surface area contributed by atoms with Crippen LogP contribution in [-0.4, -0.2) is 51.0 Å². The summed E-state index contributed by atoms with van der Waals surface area (Å²) in [5, 5.41) is 2.03. The minimum atomic E-state index is -4.03. The fourth-order valence-corrected chi connectivity index (χ4v) is 5.95. The summed E-state index contributed by atoms with van der Waals surface area (Å²) in [6.45, 7) is 2.32. The van der Waals surface area contributed by atoms with Gasteiger partial charge in [-0.3, -0.25) is 9.10 Å². The van der Waals surface area contributed by atoms with Crippen LogP contribution in [0.1, 0.15) is 17.3 Å². The van der Waals surface area contributed by atoms with Crippen LogP contribution in [0.3, 0.4) is 0 Å². The lowest BCUT2D eigenvalue weighted by molar-refractivity contribution is 0.0769. The van der Waals surface area contributed by atoms with E-state index in [1.54, 1.807) is 53.4 Å². The van der Waals surface area contributed by atoms with E-state index in [0.717, 1.165) is 5.39 Å². The first kappa shape index (κ1) is 26.7. The molecule has 1 amide bonds. The van der Waals surface area contributed by atoms with Crippen molar-refractivity contribution >= 4 is 55.6 Å². The van der Waals surface area contributed by atoms with E-state index >= 15 is 0 Å². The fraction of sp³-hybridized carbons (Fsp3) is 0.185. The highest BCUT2D eigenvalue weighted by atomic mass is 35.5. The van der Waals surface area contributed by atoms with E-state index < -0.39 is 10.0 Å². The normalized spacial score (nSPS) is 11.4. The lowest BCUT2D eigenvalue weighted by Gasteiger charge is -2.28. The van der Waals surface area contributed by atoms with Crippen molar-refractivity contribution in [1.29, 1.82) is 0 Å². The number of nitrogens with zero attached hydrogens (tertiary/aromatic N) is 3. The summed E-state index contributed by atoms with van der Waals surface area (Å²) in [6, 6.07) is 20.4. The Hall–Kier alpha value is -3.33. The highest BCUT2D eigenvalue weighted by molar-refractivity contribution is 7.93. The number of pyridine rings is 1. The lowest BCUT2D eigenvalue weighted by Crippen LogP contribution is -2.41. The Kier molecular flexibility index (Phi) is 8.22. The molecule has 0 unspecified atom stereocenters. The van der Waals surface area contributed by atoms with Gasteiger partial charge in [0.2, 0.25) is 5.88 Å². The Morgan fingerprint density at radius 3 is 2.38 bits per heavy atom. The molecule has 1 aromatic heterocycles. The molecule has 4 rings (SSSR count). The van der Waals surface area contributed by atoms with Crippen molar-refractivity contribution < 1.29 is 17.9 Å². The molecular formula is C27H25Cl2N3O4S. The van der Waals surface area contributed by atoms with Gasteiger partial charge < -0.3 is 9.64 Å². The van der Waals surface area contributed by atoms with Gasteiger partial charge in [-0.25, -0.2) is 13.4 Å². The third kappa shape index (κ3) is 5.66.